The Morgan fingerprint density at radius 2 is 1.68 bits per heavy atom. The van der Waals surface area contributed by atoms with Crippen LogP contribution in [0.25, 0.3) is 0 Å². The maximum absolute atomic E-state index is 12.9. The first kappa shape index (κ1) is 17.8. The van der Waals surface area contributed by atoms with Crippen molar-refractivity contribution in [2.24, 2.45) is 0 Å². The van der Waals surface area contributed by atoms with Gasteiger partial charge in [0.1, 0.15) is 5.75 Å². The molecule has 1 heterocycles. The number of ether oxygens (including phenoxy) is 1. The fourth-order valence-corrected chi connectivity index (χ4v) is 1.13. The molecule has 0 saturated heterocycles. The third-order valence-corrected chi connectivity index (χ3v) is 2.27. The number of hydrogen-bond acceptors (Lipinski definition) is 4. The SMILES string of the molecule is O=C(O)c1nc(OCC(F)(F)C(F)(F)C(F)(F)F)ccc1O. The molecule has 0 saturated carbocycles. The van der Waals surface area contributed by atoms with Gasteiger partial charge in [-0.3, -0.25) is 0 Å². The first-order chi connectivity index (χ1) is 9.79. The van der Waals surface area contributed by atoms with Gasteiger partial charge in [0.2, 0.25) is 5.88 Å². The second kappa shape index (κ2) is 5.50. The van der Waals surface area contributed by atoms with E-state index in [4.69, 9.17) is 10.2 Å². The van der Waals surface area contributed by atoms with Crippen LogP contribution in [0, 0.1) is 0 Å². The Labute approximate surface area is 116 Å². The number of hydrogen-bond donors (Lipinski definition) is 2. The maximum atomic E-state index is 12.9. The summed E-state index contributed by atoms with van der Waals surface area (Å²) >= 11 is 0. The van der Waals surface area contributed by atoms with Gasteiger partial charge in [-0.2, -0.15) is 30.7 Å². The van der Waals surface area contributed by atoms with Crippen molar-refractivity contribution >= 4 is 5.97 Å². The van der Waals surface area contributed by atoms with Crippen molar-refractivity contribution in [3.05, 3.63) is 17.8 Å². The molecular formula is C10H6F7NO4. The number of aromatic hydroxyl groups is 1. The smallest absolute Gasteiger partial charge is 0.460 e. The highest BCUT2D eigenvalue weighted by Gasteiger charge is 2.73. The Morgan fingerprint density at radius 1 is 1.14 bits per heavy atom. The minimum Gasteiger partial charge on any atom is -0.505 e. The average Bonchev–Trinajstić information content (AvgIpc) is 2.35. The summed E-state index contributed by atoms with van der Waals surface area (Å²) in [5.41, 5.74) is -1.05. The van der Waals surface area contributed by atoms with Crippen molar-refractivity contribution in [1.29, 1.82) is 0 Å². The average molecular weight is 337 g/mol. The number of halogens is 7. The van der Waals surface area contributed by atoms with Crippen LogP contribution in [0.15, 0.2) is 12.1 Å². The van der Waals surface area contributed by atoms with Crippen molar-refractivity contribution in [2.75, 3.05) is 6.61 Å². The van der Waals surface area contributed by atoms with Gasteiger partial charge in [0.05, 0.1) is 0 Å². The quantitative estimate of drug-likeness (QED) is 0.808. The van der Waals surface area contributed by atoms with Gasteiger partial charge in [-0.15, -0.1) is 0 Å². The van der Waals surface area contributed by atoms with Crippen LogP contribution < -0.4 is 4.74 Å². The van der Waals surface area contributed by atoms with Crippen molar-refractivity contribution in [1.82, 2.24) is 4.98 Å². The van der Waals surface area contributed by atoms with E-state index in [0.29, 0.717) is 12.1 Å². The molecule has 0 aliphatic carbocycles. The number of rotatable bonds is 5. The molecule has 5 nitrogen and oxygen atoms in total. The molecule has 0 aromatic carbocycles. The molecule has 0 aliphatic heterocycles. The molecule has 0 fully saturated rings. The Morgan fingerprint density at radius 3 is 2.14 bits per heavy atom. The predicted octanol–water partition coefficient (Wildman–Crippen LogP) is 2.70. The van der Waals surface area contributed by atoms with Gasteiger partial charge < -0.3 is 14.9 Å². The Balaban J connectivity index is 2.94. The van der Waals surface area contributed by atoms with E-state index in [1.54, 1.807) is 0 Å². The van der Waals surface area contributed by atoms with Gasteiger partial charge in [-0.1, -0.05) is 0 Å². The Hall–Kier alpha value is -2.27. The fraction of sp³-hybridized carbons (Fsp3) is 0.400. The zero-order valence-electron chi connectivity index (χ0n) is 10.2. The van der Waals surface area contributed by atoms with Gasteiger partial charge in [0, 0.05) is 6.07 Å². The minimum atomic E-state index is -6.51. The number of aromatic carboxylic acids is 1. The molecule has 22 heavy (non-hydrogen) atoms. The third-order valence-electron chi connectivity index (χ3n) is 2.27. The van der Waals surface area contributed by atoms with Gasteiger partial charge in [0.15, 0.2) is 12.3 Å². The zero-order chi connectivity index (χ0) is 17.3. The normalized spacial score (nSPS) is 13.0. The lowest BCUT2D eigenvalue weighted by molar-refractivity contribution is -0.358. The summed E-state index contributed by atoms with van der Waals surface area (Å²) < 4.78 is 90.6. The van der Waals surface area contributed by atoms with E-state index in [1.807, 2.05) is 0 Å². The van der Waals surface area contributed by atoms with E-state index in [2.05, 4.69) is 9.72 Å². The molecule has 0 bridgehead atoms. The molecule has 1 rings (SSSR count). The topological polar surface area (TPSA) is 79.7 Å². The molecule has 2 N–H and O–H groups in total. The van der Waals surface area contributed by atoms with Gasteiger partial charge in [-0.05, 0) is 6.07 Å². The highest BCUT2D eigenvalue weighted by molar-refractivity contribution is 5.88. The second-order valence-corrected chi connectivity index (χ2v) is 3.89. The molecule has 124 valence electrons. The summed E-state index contributed by atoms with van der Waals surface area (Å²) in [6.07, 6.45) is -6.51. The summed E-state index contributed by atoms with van der Waals surface area (Å²) in [7, 11) is 0. The van der Waals surface area contributed by atoms with E-state index in [1.165, 1.54) is 0 Å². The number of pyridine rings is 1. The van der Waals surface area contributed by atoms with Crippen LogP contribution in [0.3, 0.4) is 0 Å². The molecule has 1 aromatic rings. The van der Waals surface area contributed by atoms with Crippen LogP contribution in [0.2, 0.25) is 0 Å². The van der Waals surface area contributed by atoms with Crippen LogP contribution in [-0.2, 0) is 0 Å². The van der Waals surface area contributed by atoms with E-state index in [0.717, 1.165) is 0 Å². The van der Waals surface area contributed by atoms with Gasteiger partial charge >= 0.3 is 24.0 Å². The molecule has 0 unspecified atom stereocenters. The molecule has 0 aliphatic rings. The fourth-order valence-electron chi connectivity index (χ4n) is 1.13. The van der Waals surface area contributed by atoms with Gasteiger partial charge in [-0.25, -0.2) is 9.78 Å². The van der Waals surface area contributed by atoms with Gasteiger partial charge in [0.25, 0.3) is 0 Å². The summed E-state index contributed by atoms with van der Waals surface area (Å²) in [6, 6.07) is 1.25. The first-order valence-electron chi connectivity index (χ1n) is 5.18. The lowest BCUT2D eigenvalue weighted by Gasteiger charge is -2.27. The first-order valence-corrected chi connectivity index (χ1v) is 5.18. The second-order valence-electron chi connectivity index (χ2n) is 3.89. The van der Waals surface area contributed by atoms with Crippen molar-refractivity contribution in [3.8, 4) is 11.6 Å². The number of carboxylic acid groups (broad SMARTS) is 1. The molecule has 0 atom stereocenters. The summed E-state index contributed by atoms with van der Waals surface area (Å²) in [5.74, 6) is -15.6. The minimum absolute atomic E-state index is 0.615. The van der Waals surface area contributed by atoms with Crippen LogP contribution in [0.1, 0.15) is 10.5 Å². The molecule has 0 spiro atoms. The predicted molar refractivity (Wildman–Crippen MR) is 54.3 cm³/mol. The largest absolute Gasteiger partial charge is 0.505 e. The number of aromatic nitrogens is 1. The summed E-state index contributed by atoms with van der Waals surface area (Å²) in [6.45, 7) is -2.41. The van der Waals surface area contributed by atoms with E-state index in [9.17, 15) is 35.5 Å². The van der Waals surface area contributed by atoms with Crippen LogP contribution in [-0.4, -0.2) is 45.8 Å². The van der Waals surface area contributed by atoms with E-state index >= 15 is 0 Å². The zero-order valence-corrected chi connectivity index (χ0v) is 10.2. The third kappa shape index (κ3) is 3.31. The Kier molecular flexibility index (Phi) is 4.44. The number of carbonyl (C=O) groups is 1. The molecule has 0 radical (unpaired) electrons. The molecule has 12 heteroatoms. The van der Waals surface area contributed by atoms with Crippen LogP contribution in [0.4, 0.5) is 30.7 Å². The highest BCUT2D eigenvalue weighted by atomic mass is 19.4. The monoisotopic (exact) mass is 337 g/mol. The molecular weight excluding hydrogens is 331 g/mol. The maximum Gasteiger partial charge on any atom is 0.460 e. The van der Waals surface area contributed by atoms with Crippen molar-refractivity contribution < 1.29 is 50.5 Å². The molecule has 1 aromatic heterocycles. The highest BCUT2D eigenvalue weighted by Crippen LogP contribution is 2.46. The number of nitrogens with zero attached hydrogens (tertiary/aromatic N) is 1. The summed E-state index contributed by atoms with van der Waals surface area (Å²) in [5, 5.41) is 17.6. The molecule has 0 amide bonds. The van der Waals surface area contributed by atoms with Crippen LogP contribution >= 0.6 is 0 Å². The lowest BCUT2D eigenvalue weighted by atomic mass is 10.2. The van der Waals surface area contributed by atoms with E-state index in [-0.39, 0.29) is 0 Å². The standard InChI is InChI=1S/C10H6F7NO4/c11-8(12,9(13,14)10(15,16)17)3-22-5-2-1-4(19)6(18-5)7(20)21/h1-2,19H,3H2,(H,20,21). The van der Waals surface area contributed by atoms with E-state index < -0.39 is 47.9 Å². The van der Waals surface area contributed by atoms with Crippen molar-refractivity contribution in [3.63, 3.8) is 0 Å². The lowest BCUT2D eigenvalue weighted by Crippen LogP contribution is -2.54. The number of carboxylic acids is 1. The Bertz CT molecular complexity index is 573. The summed E-state index contributed by atoms with van der Waals surface area (Å²) in [4.78, 5) is 13.6. The van der Waals surface area contributed by atoms with Crippen molar-refractivity contribution in [2.45, 2.75) is 18.0 Å². The number of alkyl halides is 7. The van der Waals surface area contributed by atoms with Crippen LogP contribution in [0.5, 0.6) is 11.6 Å².